The predicted octanol–water partition coefficient (Wildman–Crippen LogP) is 2.67. The number of amides is 2. The van der Waals surface area contributed by atoms with Crippen molar-refractivity contribution >= 4 is 21.7 Å². The molecule has 0 spiro atoms. The van der Waals surface area contributed by atoms with Gasteiger partial charge in [-0.05, 0) is 42.0 Å². The molecule has 2 aromatic rings. The molecule has 0 heterocycles. The molecule has 0 aliphatic heterocycles. The van der Waals surface area contributed by atoms with Gasteiger partial charge in [0.15, 0.2) is 0 Å². The molecular formula is C15H14F3N3O3S. The maximum atomic E-state index is 12.5. The summed E-state index contributed by atoms with van der Waals surface area (Å²) in [6.45, 7) is 0.00975. The second kappa shape index (κ2) is 7.11. The number of hydrogen-bond acceptors (Lipinski definition) is 3. The van der Waals surface area contributed by atoms with Crippen molar-refractivity contribution in [3.05, 3.63) is 59.7 Å². The highest BCUT2D eigenvalue weighted by Gasteiger charge is 2.29. The molecule has 0 atom stereocenters. The van der Waals surface area contributed by atoms with Gasteiger partial charge in [-0.25, -0.2) is 18.4 Å². The number of alkyl halides is 3. The first-order chi connectivity index (χ1) is 11.6. The number of nitrogens with two attached hydrogens (primary N) is 1. The summed E-state index contributed by atoms with van der Waals surface area (Å²) in [5.41, 5.74) is -0.142. The Morgan fingerprint density at radius 3 is 2.28 bits per heavy atom. The third-order valence-corrected chi connectivity index (χ3v) is 4.06. The lowest BCUT2D eigenvalue weighted by Gasteiger charge is -2.10. The van der Waals surface area contributed by atoms with Gasteiger partial charge in [-0.3, -0.25) is 0 Å². The maximum Gasteiger partial charge on any atom is 0.416 e. The number of benzene rings is 2. The van der Waals surface area contributed by atoms with Crippen molar-refractivity contribution in [3.63, 3.8) is 0 Å². The Kier molecular flexibility index (Phi) is 5.33. The van der Waals surface area contributed by atoms with E-state index in [1.54, 1.807) is 6.07 Å². The van der Waals surface area contributed by atoms with Crippen LogP contribution in [0.1, 0.15) is 11.1 Å². The molecule has 0 radical (unpaired) electrons. The van der Waals surface area contributed by atoms with E-state index >= 15 is 0 Å². The van der Waals surface area contributed by atoms with Crippen LogP contribution < -0.4 is 15.8 Å². The molecule has 25 heavy (non-hydrogen) atoms. The normalized spacial score (nSPS) is 11.8. The smallest absolute Gasteiger partial charge is 0.334 e. The molecule has 0 fully saturated rings. The third kappa shape index (κ3) is 5.47. The van der Waals surface area contributed by atoms with Gasteiger partial charge < -0.3 is 10.6 Å². The highest BCUT2D eigenvalue weighted by molar-refractivity contribution is 7.89. The van der Waals surface area contributed by atoms with Crippen LogP contribution in [0.15, 0.2) is 53.4 Å². The van der Waals surface area contributed by atoms with Gasteiger partial charge in [0.1, 0.15) is 0 Å². The van der Waals surface area contributed by atoms with E-state index in [4.69, 9.17) is 5.14 Å². The molecule has 2 aromatic carbocycles. The molecule has 0 saturated heterocycles. The topological polar surface area (TPSA) is 101 Å². The molecule has 0 saturated carbocycles. The summed E-state index contributed by atoms with van der Waals surface area (Å²) >= 11 is 0. The summed E-state index contributed by atoms with van der Waals surface area (Å²) in [5.74, 6) is 0. The number of halogens is 3. The Bertz CT molecular complexity index is 866. The molecule has 134 valence electrons. The van der Waals surface area contributed by atoms with Crippen LogP contribution in [0.25, 0.3) is 0 Å². The van der Waals surface area contributed by atoms with E-state index in [0.717, 1.165) is 24.3 Å². The number of rotatable bonds is 4. The van der Waals surface area contributed by atoms with Crippen molar-refractivity contribution in [2.45, 2.75) is 17.6 Å². The van der Waals surface area contributed by atoms with Gasteiger partial charge in [0.25, 0.3) is 0 Å². The van der Waals surface area contributed by atoms with Crippen molar-refractivity contribution < 1.29 is 26.4 Å². The fourth-order valence-electron chi connectivity index (χ4n) is 1.93. The van der Waals surface area contributed by atoms with E-state index in [9.17, 15) is 26.4 Å². The minimum absolute atomic E-state index is 0.00975. The van der Waals surface area contributed by atoms with E-state index in [1.807, 2.05) is 0 Å². The first-order valence-corrected chi connectivity index (χ1v) is 8.44. The van der Waals surface area contributed by atoms with Gasteiger partial charge in [0, 0.05) is 12.2 Å². The molecule has 4 N–H and O–H groups in total. The second-order valence-corrected chi connectivity index (χ2v) is 6.64. The van der Waals surface area contributed by atoms with Crippen molar-refractivity contribution in [2.24, 2.45) is 5.14 Å². The molecule has 0 aromatic heterocycles. The lowest BCUT2D eigenvalue weighted by atomic mass is 10.2. The van der Waals surface area contributed by atoms with Crippen LogP contribution in [0.3, 0.4) is 0 Å². The highest BCUT2D eigenvalue weighted by Crippen LogP contribution is 2.29. The van der Waals surface area contributed by atoms with Gasteiger partial charge in [0.05, 0.1) is 10.5 Å². The fraction of sp³-hybridized carbons (Fsp3) is 0.133. The Labute approximate surface area is 141 Å². The predicted molar refractivity (Wildman–Crippen MR) is 85.1 cm³/mol. The maximum absolute atomic E-state index is 12.5. The van der Waals surface area contributed by atoms with E-state index in [1.165, 1.54) is 18.2 Å². The second-order valence-electron chi connectivity index (χ2n) is 5.08. The van der Waals surface area contributed by atoms with E-state index in [0.29, 0.717) is 5.56 Å². The van der Waals surface area contributed by atoms with Crippen molar-refractivity contribution in [1.29, 1.82) is 0 Å². The summed E-state index contributed by atoms with van der Waals surface area (Å²) in [5, 5.41) is 9.86. The number of sulfonamides is 1. The number of carbonyl (C=O) groups excluding carboxylic acids is 1. The molecule has 2 rings (SSSR count). The average molecular weight is 373 g/mol. The van der Waals surface area contributed by atoms with Gasteiger partial charge in [0.2, 0.25) is 10.0 Å². The molecule has 6 nitrogen and oxygen atoms in total. The Balaban J connectivity index is 1.95. The van der Waals surface area contributed by atoms with Crippen molar-refractivity contribution in [2.75, 3.05) is 5.32 Å². The van der Waals surface area contributed by atoms with Gasteiger partial charge in [-0.15, -0.1) is 0 Å². The molecule has 2 amide bonds. The number of urea groups is 1. The first-order valence-electron chi connectivity index (χ1n) is 6.89. The fourth-order valence-corrected chi connectivity index (χ4v) is 2.52. The SMILES string of the molecule is NS(=O)(=O)c1cccc(CNC(=O)Nc2ccc(C(F)(F)F)cc2)c1. The zero-order chi connectivity index (χ0) is 18.7. The number of anilines is 1. The third-order valence-electron chi connectivity index (χ3n) is 3.15. The molecule has 10 heteroatoms. The van der Waals surface area contributed by atoms with Gasteiger partial charge >= 0.3 is 12.2 Å². The summed E-state index contributed by atoms with van der Waals surface area (Å²) < 4.78 is 59.9. The lowest BCUT2D eigenvalue weighted by molar-refractivity contribution is -0.137. The van der Waals surface area contributed by atoms with Crippen LogP contribution in [0.2, 0.25) is 0 Å². The Morgan fingerprint density at radius 2 is 1.72 bits per heavy atom. The molecule has 0 unspecified atom stereocenters. The van der Waals surface area contributed by atoms with Crippen molar-refractivity contribution in [3.8, 4) is 0 Å². The average Bonchev–Trinajstić information content (AvgIpc) is 2.52. The minimum atomic E-state index is -4.45. The largest absolute Gasteiger partial charge is 0.416 e. The Hall–Kier alpha value is -2.59. The number of primary sulfonamides is 1. The zero-order valence-corrected chi connectivity index (χ0v) is 13.5. The zero-order valence-electron chi connectivity index (χ0n) is 12.7. The van der Waals surface area contributed by atoms with Gasteiger partial charge in [-0.1, -0.05) is 12.1 Å². The van der Waals surface area contributed by atoms with Crippen LogP contribution >= 0.6 is 0 Å². The van der Waals surface area contributed by atoms with Crippen LogP contribution in [-0.4, -0.2) is 14.4 Å². The summed E-state index contributed by atoms with van der Waals surface area (Å²) in [6.07, 6.45) is -4.45. The van der Waals surface area contributed by atoms with Crippen LogP contribution in [-0.2, 0) is 22.7 Å². The Morgan fingerprint density at radius 1 is 1.08 bits per heavy atom. The van der Waals surface area contributed by atoms with Crippen LogP contribution in [0.4, 0.5) is 23.7 Å². The molecular weight excluding hydrogens is 359 g/mol. The summed E-state index contributed by atoms with van der Waals surface area (Å²) in [6, 6.07) is 9.01. The van der Waals surface area contributed by atoms with E-state index in [-0.39, 0.29) is 17.1 Å². The standard InChI is InChI=1S/C15H14F3N3O3S/c16-15(17,18)11-4-6-12(7-5-11)21-14(22)20-9-10-2-1-3-13(8-10)25(19,23)24/h1-8H,9H2,(H2,19,23,24)(H2,20,21,22). The van der Waals surface area contributed by atoms with E-state index in [2.05, 4.69) is 10.6 Å². The minimum Gasteiger partial charge on any atom is -0.334 e. The molecule has 0 bridgehead atoms. The molecule has 0 aliphatic rings. The highest BCUT2D eigenvalue weighted by atomic mass is 32.2. The summed E-state index contributed by atoms with van der Waals surface area (Å²) in [7, 11) is -3.85. The van der Waals surface area contributed by atoms with Crippen LogP contribution in [0, 0.1) is 0 Å². The number of hydrogen-bond donors (Lipinski definition) is 3. The van der Waals surface area contributed by atoms with Gasteiger partial charge in [-0.2, -0.15) is 13.2 Å². The lowest BCUT2D eigenvalue weighted by Crippen LogP contribution is -2.28. The van der Waals surface area contributed by atoms with E-state index < -0.39 is 27.8 Å². The number of carbonyl (C=O) groups is 1. The quantitative estimate of drug-likeness (QED) is 0.768. The first kappa shape index (κ1) is 18.7. The van der Waals surface area contributed by atoms with Crippen LogP contribution in [0.5, 0.6) is 0 Å². The van der Waals surface area contributed by atoms with Crippen molar-refractivity contribution in [1.82, 2.24) is 5.32 Å². The molecule has 0 aliphatic carbocycles. The monoisotopic (exact) mass is 373 g/mol. The summed E-state index contributed by atoms with van der Waals surface area (Å²) in [4.78, 5) is 11.7. The number of nitrogens with one attached hydrogen (secondary N) is 2.